The van der Waals surface area contributed by atoms with Crippen molar-refractivity contribution in [2.45, 2.75) is 20.8 Å². The molecule has 0 unspecified atom stereocenters. The Morgan fingerprint density at radius 3 is 2.42 bits per heavy atom. The summed E-state index contributed by atoms with van der Waals surface area (Å²) >= 11 is 0. The van der Waals surface area contributed by atoms with Crippen molar-refractivity contribution in [2.24, 2.45) is 0 Å². The molecule has 0 bridgehead atoms. The number of allylic oxidation sites excluding steroid dienone is 1. The molecule has 1 heteroatoms. The van der Waals surface area contributed by atoms with Crippen molar-refractivity contribution in [3.8, 4) is 0 Å². The molecule has 0 aromatic heterocycles. The monoisotopic (exact) mass is 235 g/mol. The normalized spacial score (nSPS) is 8.25. The number of rotatable bonds is 1. The standard InChI is InChI=1S/C9H8.C2H6.Y/c1-2-6-9-7-4-3-5-8-9;1-2;/h3-7H,1H3;1-2H3;/q-2;;. The van der Waals surface area contributed by atoms with Gasteiger partial charge in [0.2, 0.25) is 0 Å². The van der Waals surface area contributed by atoms with Crippen molar-refractivity contribution in [3.05, 3.63) is 42.0 Å². The maximum absolute atomic E-state index is 3.05. The molecule has 0 fully saturated rings. The van der Waals surface area contributed by atoms with E-state index < -0.39 is 0 Å². The van der Waals surface area contributed by atoms with E-state index in [1.165, 1.54) is 0 Å². The molecule has 63 valence electrons. The molecular weight excluding hydrogens is 221 g/mol. The van der Waals surface area contributed by atoms with E-state index in [4.69, 9.17) is 0 Å². The van der Waals surface area contributed by atoms with Gasteiger partial charge in [-0.2, -0.15) is 12.1 Å². The SMILES string of the molecule is CC.C[C-]=Cc1[c-]cccc1.[Y]. The second kappa shape index (κ2) is 11.1. The van der Waals surface area contributed by atoms with Gasteiger partial charge in [0.15, 0.2) is 0 Å². The third kappa shape index (κ3) is 6.75. The first-order chi connectivity index (χ1) is 5.43. The van der Waals surface area contributed by atoms with Gasteiger partial charge >= 0.3 is 0 Å². The van der Waals surface area contributed by atoms with Crippen LogP contribution in [0.25, 0.3) is 6.08 Å². The Balaban J connectivity index is 0. The fourth-order valence-corrected chi connectivity index (χ4v) is 0.653. The second-order valence-electron chi connectivity index (χ2n) is 1.75. The molecule has 0 spiro atoms. The molecule has 0 aliphatic heterocycles. The summed E-state index contributed by atoms with van der Waals surface area (Å²) in [6.45, 7) is 5.88. The van der Waals surface area contributed by atoms with Gasteiger partial charge in [0.1, 0.15) is 0 Å². The topological polar surface area (TPSA) is 0 Å². The average Bonchev–Trinajstić information content (AvgIpc) is 2.11. The van der Waals surface area contributed by atoms with E-state index in [-0.39, 0.29) is 32.7 Å². The smallest absolute Gasteiger partial charge is 0 e. The van der Waals surface area contributed by atoms with E-state index in [0.717, 1.165) is 5.56 Å². The first-order valence-electron chi connectivity index (χ1n) is 3.90. The van der Waals surface area contributed by atoms with Crippen LogP contribution in [0.4, 0.5) is 0 Å². The molecule has 0 nitrogen and oxygen atoms in total. The first kappa shape index (κ1) is 14.6. The molecular formula is C11H14Y-2. The molecule has 0 heterocycles. The number of hydrogen-bond acceptors (Lipinski definition) is 0. The Morgan fingerprint density at radius 1 is 1.33 bits per heavy atom. The fraction of sp³-hybridized carbons (Fsp3) is 0.273. The van der Waals surface area contributed by atoms with Crippen molar-refractivity contribution < 1.29 is 32.7 Å². The van der Waals surface area contributed by atoms with Gasteiger partial charge in [0.25, 0.3) is 0 Å². The summed E-state index contributed by atoms with van der Waals surface area (Å²) in [7, 11) is 0. The summed E-state index contributed by atoms with van der Waals surface area (Å²) in [4.78, 5) is 0. The minimum absolute atomic E-state index is 0. The molecule has 1 rings (SSSR count). The zero-order chi connectivity index (χ0) is 8.53. The summed E-state index contributed by atoms with van der Waals surface area (Å²) in [5.41, 5.74) is 1.08. The van der Waals surface area contributed by atoms with E-state index >= 15 is 0 Å². The summed E-state index contributed by atoms with van der Waals surface area (Å²) in [5.74, 6) is 0. The molecule has 0 saturated heterocycles. The quantitative estimate of drug-likeness (QED) is 0.655. The van der Waals surface area contributed by atoms with Gasteiger partial charge in [0, 0.05) is 32.7 Å². The molecule has 0 atom stereocenters. The summed E-state index contributed by atoms with van der Waals surface area (Å²) in [5, 5.41) is 0. The van der Waals surface area contributed by atoms with Crippen molar-refractivity contribution in [1.29, 1.82) is 0 Å². The van der Waals surface area contributed by atoms with Crippen LogP contribution in [0.5, 0.6) is 0 Å². The van der Waals surface area contributed by atoms with Crippen LogP contribution in [0.3, 0.4) is 0 Å². The van der Waals surface area contributed by atoms with Gasteiger partial charge < -0.3 is 17.7 Å². The van der Waals surface area contributed by atoms with Crippen LogP contribution in [0.1, 0.15) is 26.3 Å². The van der Waals surface area contributed by atoms with E-state index in [0.29, 0.717) is 0 Å². The van der Waals surface area contributed by atoms with E-state index in [1.807, 2.05) is 51.1 Å². The Labute approximate surface area is 101 Å². The largest absolute Gasteiger partial charge is 0.330 e. The predicted molar refractivity (Wildman–Crippen MR) is 50.0 cm³/mol. The summed E-state index contributed by atoms with van der Waals surface area (Å²) in [6, 6.07) is 10.9. The molecule has 1 radical (unpaired) electrons. The van der Waals surface area contributed by atoms with Gasteiger partial charge in [-0.1, -0.05) is 13.8 Å². The summed E-state index contributed by atoms with van der Waals surface area (Å²) in [6.07, 6.45) is 4.83. The van der Waals surface area contributed by atoms with Gasteiger partial charge in [-0.05, 0) is 0 Å². The van der Waals surface area contributed by atoms with Crippen LogP contribution in [-0.2, 0) is 32.7 Å². The molecule has 0 amide bonds. The summed E-state index contributed by atoms with van der Waals surface area (Å²) < 4.78 is 0. The molecule has 1 aromatic rings. The van der Waals surface area contributed by atoms with Gasteiger partial charge in [-0.3, -0.25) is 0 Å². The van der Waals surface area contributed by atoms with E-state index in [9.17, 15) is 0 Å². The van der Waals surface area contributed by atoms with Gasteiger partial charge in [-0.25, -0.2) is 12.1 Å². The Bertz CT molecular complexity index is 189. The maximum Gasteiger partial charge on any atom is 0 e. The first-order valence-corrected chi connectivity index (χ1v) is 3.90. The van der Waals surface area contributed by atoms with Crippen molar-refractivity contribution in [3.63, 3.8) is 0 Å². The Hall–Kier alpha value is 0.0639. The van der Waals surface area contributed by atoms with Crippen LogP contribution in [0, 0.1) is 12.1 Å². The molecule has 0 saturated carbocycles. The van der Waals surface area contributed by atoms with Gasteiger partial charge in [-0.15, -0.1) is 13.0 Å². The molecule has 0 N–H and O–H groups in total. The van der Waals surface area contributed by atoms with Crippen LogP contribution in [0.2, 0.25) is 0 Å². The minimum atomic E-state index is 0. The van der Waals surface area contributed by atoms with Crippen LogP contribution < -0.4 is 0 Å². The Kier molecular flexibility index (Phi) is 13.4. The zero-order valence-electron chi connectivity index (χ0n) is 7.96. The molecule has 12 heavy (non-hydrogen) atoms. The van der Waals surface area contributed by atoms with Crippen LogP contribution >= 0.6 is 0 Å². The van der Waals surface area contributed by atoms with Crippen molar-refractivity contribution in [1.82, 2.24) is 0 Å². The average molecular weight is 235 g/mol. The molecule has 0 aliphatic carbocycles. The fourth-order valence-electron chi connectivity index (χ4n) is 0.653. The Morgan fingerprint density at radius 2 is 2.00 bits per heavy atom. The van der Waals surface area contributed by atoms with Crippen molar-refractivity contribution >= 4 is 6.08 Å². The number of benzene rings is 1. The molecule has 1 aromatic carbocycles. The van der Waals surface area contributed by atoms with Gasteiger partial charge in [0.05, 0.1) is 0 Å². The number of hydrogen-bond donors (Lipinski definition) is 0. The minimum Gasteiger partial charge on any atom is -0.330 e. The maximum atomic E-state index is 3.05. The predicted octanol–water partition coefficient (Wildman–Crippen LogP) is 3.35. The third-order valence-electron chi connectivity index (χ3n) is 1.03. The third-order valence-corrected chi connectivity index (χ3v) is 1.03. The van der Waals surface area contributed by atoms with Crippen molar-refractivity contribution in [2.75, 3.05) is 0 Å². The second-order valence-corrected chi connectivity index (χ2v) is 1.75. The van der Waals surface area contributed by atoms with Crippen LogP contribution in [-0.4, -0.2) is 0 Å². The molecule has 0 aliphatic rings. The van der Waals surface area contributed by atoms with E-state index in [2.05, 4.69) is 12.1 Å². The van der Waals surface area contributed by atoms with Crippen LogP contribution in [0.15, 0.2) is 24.3 Å². The zero-order valence-corrected chi connectivity index (χ0v) is 10.8. The van der Waals surface area contributed by atoms with E-state index in [1.54, 1.807) is 0 Å².